The quantitative estimate of drug-likeness (QED) is 0.814. The van der Waals surface area contributed by atoms with Gasteiger partial charge in [-0.05, 0) is 24.6 Å². The summed E-state index contributed by atoms with van der Waals surface area (Å²) in [5.74, 6) is -1.12. The van der Waals surface area contributed by atoms with Crippen LogP contribution >= 0.6 is 0 Å². The number of hydrogen-bond acceptors (Lipinski definition) is 4. The molecule has 0 heterocycles. The van der Waals surface area contributed by atoms with Crippen LogP contribution in [0.15, 0.2) is 24.3 Å². The largest absolute Gasteiger partial charge is 0.406 e. The normalized spacial score (nSPS) is 13.2. The zero-order valence-corrected chi connectivity index (χ0v) is 13.3. The maximum absolute atomic E-state index is 12.7. The standard InChI is InChI=1S/C14H15F3N2O3S/c1-10(23(2,21)22)13(20)19(9-14(15,16)17)8-12-5-3-11(7-18)4-6-12/h3-6,10H,8-9H2,1-2H3/t10-/m0/s1. The number of carbonyl (C=O) groups is 1. The van der Waals surface area contributed by atoms with Crippen LogP contribution in [0.5, 0.6) is 0 Å². The molecule has 1 atom stereocenters. The second kappa shape index (κ2) is 7.00. The summed E-state index contributed by atoms with van der Waals surface area (Å²) in [6, 6.07) is 7.52. The van der Waals surface area contributed by atoms with E-state index in [0.29, 0.717) is 16.0 Å². The van der Waals surface area contributed by atoms with E-state index in [9.17, 15) is 26.4 Å². The first-order valence-electron chi connectivity index (χ1n) is 6.47. The second-order valence-corrected chi connectivity index (χ2v) is 7.46. The van der Waals surface area contributed by atoms with E-state index >= 15 is 0 Å². The molecule has 0 saturated heterocycles. The highest BCUT2D eigenvalue weighted by molar-refractivity contribution is 7.92. The van der Waals surface area contributed by atoms with Crippen molar-refractivity contribution in [1.82, 2.24) is 4.90 Å². The summed E-state index contributed by atoms with van der Waals surface area (Å²) in [7, 11) is -3.81. The summed E-state index contributed by atoms with van der Waals surface area (Å²) in [5.41, 5.74) is 0.689. The molecule has 0 fully saturated rings. The van der Waals surface area contributed by atoms with E-state index in [4.69, 9.17) is 5.26 Å². The molecule has 1 aromatic rings. The number of sulfone groups is 1. The van der Waals surface area contributed by atoms with Crippen LogP contribution in [0.2, 0.25) is 0 Å². The topological polar surface area (TPSA) is 78.2 Å². The lowest BCUT2D eigenvalue weighted by atomic mass is 10.1. The van der Waals surface area contributed by atoms with E-state index in [0.717, 1.165) is 13.2 Å². The number of halogens is 3. The van der Waals surface area contributed by atoms with Gasteiger partial charge in [-0.1, -0.05) is 12.1 Å². The predicted octanol–water partition coefficient (Wildman–Crippen LogP) is 1.88. The molecular weight excluding hydrogens is 333 g/mol. The molecule has 0 radical (unpaired) electrons. The van der Waals surface area contributed by atoms with Gasteiger partial charge in [0.05, 0.1) is 11.6 Å². The Morgan fingerprint density at radius 2 is 1.83 bits per heavy atom. The molecule has 5 nitrogen and oxygen atoms in total. The van der Waals surface area contributed by atoms with Gasteiger partial charge in [-0.3, -0.25) is 4.79 Å². The molecule has 0 aliphatic rings. The van der Waals surface area contributed by atoms with Gasteiger partial charge in [0, 0.05) is 12.8 Å². The number of amides is 1. The Morgan fingerprint density at radius 1 is 1.30 bits per heavy atom. The maximum Gasteiger partial charge on any atom is 0.406 e. The third kappa shape index (κ3) is 5.90. The molecule has 0 aromatic heterocycles. The highest BCUT2D eigenvalue weighted by atomic mass is 32.2. The highest BCUT2D eigenvalue weighted by Crippen LogP contribution is 2.20. The number of nitrogens with zero attached hydrogens (tertiary/aromatic N) is 2. The minimum Gasteiger partial charge on any atom is -0.328 e. The van der Waals surface area contributed by atoms with Crippen LogP contribution in [0.25, 0.3) is 0 Å². The van der Waals surface area contributed by atoms with Crippen molar-refractivity contribution in [2.45, 2.75) is 24.9 Å². The summed E-state index contributed by atoms with van der Waals surface area (Å²) in [6.45, 7) is -0.893. The summed E-state index contributed by atoms with van der Waals surface area (Å²) in [5, 5.41) is 7.12. The van der Waals surface area contributed by atoms with Crippen molar-refractivity contribution in [2.75, 3.05) is 12.8 Å². The van der Waals surface area contributed by atoms with Crippen molar-refractivity contribution < 1.29 is 26.4 Å². The summed E-state index contributed by atoms with van der Waals surface area (Å²) in [4.78, 5) is 12.5. The van der Waals surface area contributed by atoms with Crippen LogP contribution in [0.1, 0.15) is 18.1 Å². The molecule has 0 aliphatic heterocycles. The molecule has 0 spiro atoms. The lowest BCUT2D eigenvalue weighted by Crippen LogP contribution is -2.45. The molecule has 0 unspecified atom stereocenters. The van der Waals surface area contributed by atoms with E-state index in [1.807, 2.05) is 6.07 Å². The third-order valence-corrected chi connectivity index (χ3v) is 4.61. The fourth-order valence-electron chi connectivity index (χ4n) is 1.77. The molecule has 0 N–H and O–H groups in total. The van der Waals surface area contributed by atoms with Crippen molar-refractivity contribution >= 4 is 15.7 Å². The number of rotatable bonds is 5. The number of hydrogen-bond donors (Lipinski definition) is 0. The van der Waals surface area contributed by atoms with Crippen LogP contribution in [0, 0.1) is 11.3 Å². The molecule has 0 saturated carbocycles. The molecule has 0 bridgehead atoms. The first-order valence-corrected chi connectivity index (χ1v) is 8.43. The summed E-state index contributed by atoms with van der Waals surface area (Å²) < 4.78 is 60.8. The van der Waals surface area contributed by atoms with Gasteiger partial charge in [0.1, 0.15) is 11.8 Å². The lowest BCUT2D eigenvalue weighted by Gasteiger charge is -2.26. The monoisotopic (exact) mass is 348 g/mol. The average molecular weight is 348 g/mol. The summed E-state index contributed by atoms with van der Waals surface area (Å²) in [6.07, 6.45) is -3.86. The Morgan fingerprint density at radius 3 is 2.22 bits per heavy atom. The van der Waals surface area contributed by atoms with Crippen molar-refractivity contribution in [2.24, 2.45) is 0 Å². The molecule has 1 aromatic carbocycles. The molecule has 1 rings (SSSR count). The molecule has 23 heavy (non-hydrogen) atoms. The van der Waals surface area contributed by atoms with Gasteiger partial charge >= 0.3 is 6.18 Å². The van der Waals surface area contributed by atoms with Crippen molar-refractivity contribution in [3.8, 4) is 6.07 Å². The number of carbonyl (C=O) groups excluding carboxylic acids is 1. The van der Waals surface area contributed by atoms with Crippen LogP contribution in [0.3, 0.4) is 0 Å². The zero-order valence-electron chi connectivity index (χ0n) is 12.5. The van der Waals surface area contributed by atoms with E-state index in [1.165, 1.54) is 24.3 Å². The van der Waals surface area contributed by atoms with Gasteiger partial charge in [-0.25, -0.2) is 8.42 Å². The predicted molar refractivity (Wildman–Crippen MR) is 76.9 cm³/mol. The number of alkyl halides is 3. The molecular formula is C14H15F3N2O3S. The molecule has 1 amide bonds. The third-order valence-electron chi connectivity index (χ3n) is 3.13. The van der Waals surface area contributed by atoms with Crippen molar-refractivity contribution in [1.29, 1.82) is 5.26 Å². The van der Waals surface area contributed by atoms with Gasteiger partial charge in [0.25, 0.3) is 0 Å². The maximum atomic E-state index is 12.7. The Hall–Kier alpha value is -2.08. The first-order chi connectivity index (χ1) is 10.4. The fourth-order valence-corrected chi connectivity index (χ4v) is 2.29. The van der Waals surface area contributed by atoms with Crippen LogP contribution in [-0.4, -0.2) is 43.5 Å². The van der Waals surface area contributed by atoms with E-state index in [-0.39, 0.29) is 0 Å². The number of benzene rings is 1. The number of nitriles is 1. The van der Waals surface area contributed by atoms with Gasteiger partial charge in [-0.2, -0.15) is 18.4 Å². The second-order valence-electron chi connectivity index (χ2n) is 5.09. The highest BCUT2D eigenvalue weighted by Gasteiger charge is 2.36. The van der Waals surface area contributed by atoms with Crippen molar-refractivity contribution in [3.63, 3.8) is 0 Å². The molecule has 126 valence electrons. The smallest absolute Gasteiger partial charge is 0.328 e. The summed E-state index contributed by atoms with van der Waals surface area (Å²) >= 11 is 0. The Bertz CT molecular complexity index is 706. The van der Waals surface area contributed by atoms with E-state index < -0.39 is 40.3 Å². The fraction of sp³-hybridized carbons (Fsp3) is 0.429. The minimum absolute atomic E-state index is 0.326. The Balaban J connectivity index is 3.05. The average Bonchev–Trinajstić information content (AvgIpc) is 2.43. The van der Waals surface area contributed by atoms with E-state index in [2.05, 4.69) is 0 Å². The first kappa shape index (κ1) is 19.0. The SMILES string of the molecule is C[C@@H](C(=O)N(Cc1ccc(C#N)cc1)CC(F)(F)F)S(C)(=O)=O. The zero-order chi connectivity index (χ0) is 17.8. The van der Waals surface area contributed by atoms with Gasteiger partial charge in [-0.15, -0.1) is 0 Å². The van der Waals surface area contributed by atoms with Gasteiger partial charge in [0.15, 0.2) is 9.84 Å². The van der Waals surface area contributed by atoms with Gasteiger partial charge < -0.3 is 4.90 Å². The van der Waals surface area contributed by atoms with Crippen molar-refractivity contribution in [3.05, 3.63) is 35.4 Å². The van der Waals surface area contributed by atoms with Crippen LogP contribution < -0.4 is 0 Å². The van der Waals surface area contributed by atoms with Crippen LogP contribution in [0.4, 0.5) is 13.2 Å². The van der Waals surface area contributed by atoms with Gasteiger partial charge in [0.2, 0.25) is 5.91 Å². The molecule has 9 heteroatoms. The lowest BCUT2D eigenvalue weighted by molar-refractivity contribution is -0.162. The Kier molecular flexibility index (Phi) is 5.77. The Labute approximate surface area is 132 Å². The molecule has 0 aliphatic carbocycles. The minimum atomic E-state index is -4.65. The van der Waals surface area contributed by atoms with Crippen LogP contribution in [-0.2, 0) is 21.2 Å². The van der Waals surface area contributed by atoms with E-state index in [1.54, 1.807) is 0 Å².